The molecule has 3 rings (SSSR count). The largest absolute Gasteiger partial charge is 0.330 e. The zero-order valence-electron chi connectivity index (χ0n) is 9.88. The Bertz CT molecular complexity index is 665. The number of benzene rings is 2. The number of nitrogens with zero attached hydrogens (tertiary/aromatic N) is 2. The van der Waals surface area contributed by atoms with E-state index >= 15 is 0 Å². The number of anilines is 2. The van der Waals surface area contributed by atoms with Gasteiger partial charge in [0.15, 0.2) is 5.82 Å². The molecule has 1 heterocycles. The first-order valence-corrected chi connectivity index (χ1v) is 7.29. The number of nitrogens with one attached hydrogen (secondary N) is 1. The van der Waals surface area contributed by atoms with Gasteiger partial charge in [-0.15, -0.1) is 0 Å². The van der Waals surface area contributed by atoms with Crippen LogP contribution in [-0.4, -0.2) is 9.36 Å². The number of hydrogen-bond donors (Lipinski definition) is 1. The molecule has 0 spiro atoms. The molecule has 0 unspecified atom stereocenters. The van der Waals surface area contributed by atoms with Crippen LogP contribution >= 0.6 is 27.5 Å². The van der Waals surface area contributed by atoms with Crippen LogP contribution in [0, 0.1) is 0 Å². The minimum Gasteiger partial charge on any atom is -0.330 e. The molecule has 0 atom stereocenters. The third-order valence-electron chi connectivity index (χ3n) is 2.55. The molecule has 0 fully saturated rings. The summed E-state index contributed by atoms with van der Waals surface area (Å²) < 4.78 is 5.41. The van der Waals surface area contributed by atoms with Gasteiger partial charge in [0, 0.05) is 27.3 Å². The summed E-state index contributed by atoms with van der Waals surface area (Å²) in [5.74, 6) is 0.755. The summed E-state index contributed by atoms with van der Waals surface area (Å²) in [6.45, 7) is 0. The van der Waals surface area contributed by atoms with Crippen LogP contribution < -0.4 is 5.32 Å². The highest BCUT2D eigenvalue weighted by Crippen LogP contribution is 2.24. The summed E-state index contributed by atoms with van der Waals surface area (Å²) in [5.41, 5.74) is 2.03. The minimum atomic E-state index is 0.755. The fourth-order valence-electron chi connectivity index (χ4n) is 1.64. The highest BCUT2D eigenvalue weighted by atomic mass is 79.9. The molecule has 0 saturated carbocycles. The lowest BCUT2D eigenvalue weighted by molar-refractivity contribution is 1.32. The van der Waals surface area contributed by atoms with Gasteiger partial charge in [-0.25, -0.2) is 0 Å². The minimum absolute atomic E-state index is 0.755. The summed E-state index contributed by atoms with van der Waals surface area (Å²) in [4.78, 5) is 4.48. The van der Waals surface area contributed by atoms with Crippen molar-refractivity contribution in [3.8, 4) is 11.4 Å². The molecule has 1 aromatic heterocycles. The van der Waals surface area contributed by atoms with Gasteiger partial charge in [0.25, 0.3) is 0 Å². The Labute approximate surface area is 123 Å². The van der Waals surface area contributed by atoms with E-state index in [-0.39, 0.29) is 0 Å². The maximum Gasteiger partial charge on any atom is 0.207 e. The summed E-state index contributed by atoms with van der Waals surface area (Å²) in [6.07, 6.45) is 0. The average Bonchev–Trinajstić information content (AvgIpc) is 2.91. The van der Waals surface area contributed by atoms with Gasteiger partial charge < -0.3 is 5.32 Å². The maximum atomic E-state index is 4.48. The summed E-state index contributed by atoms with van der Waals surface area (Å²) >= 11 is 4.77. The van der Waals surface area contributed by atoms with Gasteiger partial charge in [-0.05, 0) is 24.3 Å². The maximum absolute atomic E-state index is 4.48. The molecule has 0 aliphatic heterocycles. The lowest BCUT2D eigenvalue weighted by atomic mass is 10.2. The first-order valence-electron chi connectivity index (χ1n) is 5.73. The number of halogens is 1. The van der Waals surface area contributed by atoms with Crippen molar-refractivity contribution in [3.63, 3.8) is 0 Å². The summed E-state index contributed by atoms with van der Waals surface area (Å²) in [6, 6.07) is 17.9. The van der Waals surface area contributed by atoms with Gasteiger partial charge in [0.2, 0.25) is 5.13 Å². The van der Waals surface area contributed by atoms with E-state index in [4.69, 9.17) is 0 Å². The van der Waals surface area contributed by atoms with Crippen LogP contribution in [0.5, 0.6) is 0 Å². The third-order valence-corrected chi connectivity index (χ3v) is 3.71. The SMILES string of the molecule is Brc1ccc(Nc2nc(-c3ccccc3)ns2)cc1. The number of hydrogen-bond acceptors (Lipinski definition) is 4. The predicted octanol–water partition coefficient (Wildman–Crippen LogP) is 4.71. The molecule has 3 nitrogen and oxygen atoms in total. The van der Waals surface area contributed by atoms with E-state index in [0.29, 0.717) is 0 Å². The molecule has 1 N–H and O–H groups in total. The van der Waals surface area contributed by atoms with Crippen molar-refractivity contribution in [2.24, 2.45) is 0 Å². The zero-order valence-corrected chi connectivity index (χ0v) is 12.3. The van der Waals surface area contributed by atoms with Crippen molar-refractivity contribution in [2.75, 3.05) is 5.32 Å². The van der Waals surface area contributed by atoms with E-state index in [2.05, 4.69) is 30.6 Å². The van der Waals surface area contributed by atoms with E-state index in [0.717, 1.165) is 26.7 Å². The Morgan fingerprint density at radius 3 is 2.42 bits per heavy atom. The van der Waals surface area contributed by atoms with Crippen molar-refractivity contribution in [1.82, 2.24) is 9.36 Å². The van der Waals surface area contributed by atoms with Crippen LogP contribution in [0.1, 0.15) is 0 Å². The summed E-state index contributed by atoms with van der Waals surface area (Å²) in [7, 11) is 0. The van der Waals surface area contributed by atoms with E-state index in [1.165, 1.54) is 11.5 Å². The van der Waals surface area contributed by atoms with Gasteiger partial charge in [-0.1, -0.05) is 46.3 Å². The monoisotopic (exact) mass is 331 g/mol. The molecule has 3 aromatic rings. The lowest BCUT2D eigenvalue weighted by Crippen LogP contribution is -1.89. The van der Waals surface area contributed by atoms with E-state index in [1.54, 1.807) is 0 Å². The van der Waals surface area contributed by atoms with Crippen LogP contribution in [0.25, 0.3) is 11.4 Å². The Morgan fingerprint density at radius 1 is 0.947 bits per heavy atom. The molecule has 2 aromatic carbocycles. The number of aromatic nitrogens is 2. The average molecular weight is 332 g/mol. The molecule has 0 amide bonds. The normalized spacial score (nSPS) is 10.4. The molecule has 5 heteroatoms. The fraction of sp³-hybridized carbons (Fsp3) is 0. The number of rotatable bonds is 3. The van der Waals surface area contributed by atoms with Crippen LogP contribution in [0.2, 0.25) is 0 Å². The van der Waals surface area contributed by atoms with E-state index < -0.39 is 0 Å². The van der Waals surface area contributed by atoms with Crippen molar-refractivity contribution < 1.29 is 0 Å². The third kappa shape index (κ3) is 3.00. The van der Waals surface area contributed by atoms with Crippen LogP contribution in [0.15, 0.2) is 59.1 Å². The lowest BCUT2D eigenvalue weighted by Gasteiger charge is -2.01. The van der Waals surface area contributed by atoms with E-state index in [9.17, 15) is 0 Å². The van der Waals surface area contributed by atoms with Crippen LogP contribution in [0.3, 0.4) is 0 Å². The highest BCUT2D eigenvalue weighted by Gasteiger charge is 2.06. The van der Waals surface area contributed by atoms with Crippen LogP contribution in [-0.2, 0) is 0 Å². The molecule has 0 radical (unpaired) electrons. The molecular weight excluding hydrogens is 322 g/mol. The van der Waals surface area contributed by atoms with Gasteiger partial charge in [-0.2, -0.15) is 9.36 Å². The molecule has 0 bridgehead atoms. The Morgan fingerprint density at radius 2 is 1.68 bits per heavy atom. The van der Waals surface area contributed by atoms with Crippen LogP contribution in [0.4, 0.5) is 10.8 Å². The Hall–Kier alpha value is -1.72. The van der Waals surface area contributed by atoms with Gasteiger partial charge in [-0.3, -0.25) is 0 Å². The molecule has 0 aliphatic carbocycles. The van der Waals surface area contributed by atoms with E-state index in [1.807, 2.05) is 54.6 Å². The highest BCUT2D eigenvalue weighted by molar-refractivity contribution is 9.10. The van der Waals surface area contributed by atoms with Crippen molar-refractivity contribution in [1.29, 1.82) is 0 Å². The second kappa shape index (κ2) is 5.50. The molecule has 0 aliphatic rings. The smallest absolute Gasteiger partial charge is 0.207 e. The Kier molecular flexibility index (Phi) is 3.57. The van der Waals surface area contributed by atoms with Crippen molar-refractivity contribution in [2.45, 2.75) is 0 Å². The van der Waals surface area contributed by atoms with Crippen molar-refractivity contribution in [3.05, 3.63) is 59.1 Å². The first-order chi connectivity index (χ1) is 9.31. The topological polar surface area (TPSA) is 37.8 Å². The summed E-state index contributed by atoms with van der Waals surface area (Å²) in [5, 5.41) is 4.04. The standard InChI is InChI=1S/C14H10BrN3S/c15-11-6-8-12(9-7-11)16-14-17-13(18-19-14)10-4-2-1-3-5-10/h1-9H,(H,16,17,18). The quantitative estimate of drug-likeness (QED) is 0.755. The van der Waals surface area contributed by atoms with Crippen molar-refractivity contribution >= 4 is 38.3 Å². The molecule has 0 saturated heterocycles. The fourth-order valence-corrected chi connectivity index (χ4v) is 2.51. The second-order valence-electron chi connectivity index (χ2n) is 3.92. The van der Waals surface area contributed by atoms with Gasteiger partial charge in [0.05, 0.1) is 0 Å². The zero-order chi connectivity index (χ0) is 13.1. The first kappa shape index (κ1) is 12.3. The predicted molar refractivity (Wildman–Crippen MR) is 82.8 cm³/mol. The second-order valence-corrected chi connectivity index (χ2v) is 5.59. The molecular formula is C14H10BrN3S. The molecule has 94 valence electrons. The van der Waals surface area contributed by atoms with Gasteiger partial charge >= 0.3 is 0 Å². The Balaban J connectivity index is 1.80. The van der Waals surface area contributed by atoms with Gasteiger partial charge in [0.1, 0.15) is 0 Å². The molecule has 19 heavy (non-hydrogen) atoms.